The quantitative estimate of drug-likeness (QED) is 0.664. The number of rotatable bonds is 5. The van der Waals surface area contributed by atoms with Crippen LogP contribution in [0.2, 0.25) is 0 Å². The average Bonchev–Trinajstić information content (AvgIpc) is 2.22. The summed E-state index contributed by atoms with van der Waals surface area (Å²) in [6, 6.07) is 6.13. The van der Waals surface area contributed by atoms with Crippen LogP contribution in [0.25, 0.3) is 0 Å². The molecule has 0 aliphatic carbocycles. The second-order valence-corrected chi connectivity index (χ2v) is 4.78. The Hall–Kier alpha value is -0.780. The number of carbonyl (C=O) groups is 1. The van der Waals surface area contributed by atoms with E-state index in [1.165, 1.54) is 12.5 Å². The van der Waals surface area contributed by atoms with Crippen LogP contribution in [-0.2, 0) is 4.79 Å². The van der Waals surface area contributed by atoms with Crippen LogP contribution < -0.4 is 10.1 Å². The van der Waals surface area contributed by atoms with Gasteiger partial charge in [-0.05, 0) is 53.6 Å². The van der Waals surface area contributed by atoms with Crippen molar-refractivity contribution in [3.05, 3.63) is 27.3 Å². The average molecular weight is 333 g/mol. The second kappa shape index (κ2) is 6.73. The van der Waals surface area contributed by atoms with E-state index in [0.29, 0.717) is 13.2 Å². The Kier molecular flexibility index (Phi) is 5.59. The highest BCUT2D eigenvalue weighted by atomic mass is 127. The lowest BCUT2D eigenvalue weighted by Gasteiger charge is -2.09. The van der Waals surface area contributed by atoms with E-state index in [4.69, 9.17) is 4.74 Å². The van der Waals surface area contributed by atoms with Crippen molar-refractivity contribution in [2.24, 2.45) is 0 Å². The van der Waals surface area contributed by atoms with Crippen molar-refractivity contribution in [3.63, 3.8) is 0 Å². The van der Waals surface area contributed by atoms with E-state index in [0.717, 1.165) is 15.7 Å². The second-order valence-electron chi connectivity index (χ2n) is 3.62. The molecular formula is C12H16INO2. The van der Waals surface area contributed by atoms with E-state index in [1.807, 2.05) is 19.1 Å². The van der Waals surface area contributed by atoms with Gasteiger partial charge in [-0.25, -0.2) is 0 Å². The maximum absolute atomic E-state index is 10.6. The first-order valence-corrected chi connectivity index (χ1v) is 6.31. The molecule has 1 amide bonds. The van der Waals surface area contributed by atoms with Crippen molar-refractivity contribution in [1.29, 1.82) is 0 Å². The summed E-state index contributed by atoms with van der Waals surface area (Å²) in [5.74, 6) is 0.925. The van der Waals surface area contributed by atoms with Crippen molar-refractivity contribution in [2.75, 3.05) is 13.2 Å². The summed E-state index contributed by atoms with van der Waals surface area (Å²) in [6.45, 7) is 4.85. The Labute approximate surface area is 110 Å². The molecule has 3 nitrogen and oxygen atoms in total. The molecule has 0 fully saturated rings. The molecule has 4 heteroatoms. The maximum Gasteiger partial charge on any atom is 0.216 e. The Morgan fingerprint density at radius 2 is 2.25 bits per heavy atom. The molecule has 0 saturated heterocycles. The molecule has 0 heterocycles. The van der Waals surface area contributed by atoms with Gasteiger partial charge in [-0.3, -0.25) is 4.79 Å². The molecule has 0 saturated carbocycles. The summed E-state index contributed by atoms with van der Waals surface area (Å²) < 4.78 is 6.75. The first-order valence-electron chi connectivity index (χ1n) is 5.23. The van der Waals surface area contributed by atoms with Gasteiger partial charge in [0, 0.05) is 13.5 Å². The van der Waals surface area contributed by atoms with Crippen molar-refractivity contribution in [3.8, 4) is 5.75 Å². The summed E-state index contributed by atoms with van der Waals surface area (Å²) in [5, 5.41) is 2.74. The van der Waals surface area contributed by atoms with Crippen LogP contribution in [0.3, 0.4) is 0 Å². The van der Waals surface area contributed by atoms with E-state index in [-0.39, 0.29) is 5.91 Å². The van der Waals surface area contributed by atoms with Gasteiger partial charge in [0.2, 0.25) is 5.91 Å². The van der Waals surface area contributed by atoms with Gasteiger partial charge in [0.05, 0.1) is 10.2 Å². The van der Waals surface area contributed by atoms with Crippen LogP contribution in [0.5, 0.6) is 5.75 Å². The maximum atomic E-state index is 10.6. The van der Waals surface area contributed by atoms with Gasteiger partial charge in [-0.2, -0.15) is 0 Å². The summed E-state index contributed by atoms with van der Waals surface area (Å²) in [4.78, 5) is 10.6. The number of halogens is 1. The molecule has 0 aliphatic heterocycles. The number of hydrogen-bond acceptors (Lipinski definition) is 2. The summed E-state index contributed by atoms with van der Waals surface area (Å²) in [7, 11) is 0. The Bertz CT molecular complexity index is 366. The number of hydrogen-bond donors (Lipinski definition) is 1. The Balaban J connectivity index is 2.31. The number of aryl methyl sites for hydroxylation is 1. The fourth-order valence-corrected chi connectivity index (χ4v) is 1.73. The normalized spacial score (nSPS) is 9.94. The largest absolute Gasteiger partial charge is 0.492 e. The number of ether oxygens (including phenoxy) is 1. The van der Waals surface area contributed by atoms with Crippen LogP contribution >= 0.6 is 22.6 Å². The predicted octanol–water partition coefficient (Wildman–Crippen LogP) is 2.50. The zero-order valence-corrected chi connectivity index (χ0v) is 11.7. The summed E-state index contributed by atoms with van der Waals surface area (Å²) >= 11 is 2.25. The molecule has 1 rings (SSSR count). The Morgan fingerprint density at radius 1 is 1.50 bits per heavy atom. The summed E-state index contributed by atoms with van der Waals surface area (Å²) in [6.07, 6.45) is 0.823. The molecular weight excluding hydrogens is 317 g/mol. The van der Waals surface area contributed by atoms with Gasteiger partial charge in [-0.15, -0.1) is 0 Å². The fraction of sp³-hybridized carbons (Fsp3) is 0.417. The van der Waals surface area contributed by atoms with Crippen molar-refractivity contribution in [2.45, 2.75) is 20.3 Å². The van der Waals surface area contributed by atoms with E-state index in [9.17, 15) is 4.79 Å². The van der Waals surface area contributed by atoms with Crippen LogP contribution in [0.4, 0.5) is 0 Å². The molecule has 0 aliphatic rings. The predicted molar refractivity (Wildman–Crippen MR) is 72.7 cm³/mol. The minimum Gasteiger partial charge on any atom is -0.492 e. The Morgan fingerprint density at radius 3 is 2.94 bits per heavy atom. The van der Waals surface area contributed by atoms with E-state index < -0.39 is 0 Å². The number of amides is 1. The van der Waals surface area contributed by atoms with Gasteiger partial charge >= 0.3 is 0 Å². The van der Waals surface area contributed by atoms with E-state index >= 15 is 0 Å². The monoisotopic (exact) mass is 333 g/mol. The fourth-order valence-electron chi connectivity index (χ4n) is 1.24. The molecule has 1 aromatic rings. The molecule has 0 unspecified atom stereocenters. The molecule has 0 aromatic heterocycles. The van der Waals surface area contributed by atoms with Gasteiger partial charge in [0.25, 0.3) is 0 Å². The molecule has 0 spiro atoms. The first kappa shape index (κ1) is 13.3. The third-order valence-corrected chi connectivity index (χ3v) is 2.93. The topological polar surface area (TPSA) is 38.3 Å². The highest BCUT2D eigenvalue weighted by Gasteiger charge is 2.00. The van der Waals surface area contributed by atoms with Crippen LogP contribution in [0.1, 0.15) is 18.9 Å². The van der Waals surface area contributed by atoms with Crippen molar-refractivity contribution >= 4 is 28.5 Å². The van der Waals surface area contributed by atoms with Gasteiger partial charge < -0.3 is 10.1 Å². The smallest absolute Gasteiger partial charge is 0.216 e. The lowest BCUT2D eigenvalue weighted by Crippen LogP contribution is -2.22. The molecule has 1 N–H and O–H groups in total. The minimum atomic E-state index is 0.00476. The molecule has 0 radical (unpaired) electrons. The molecule has 1 aromatic carbocycles. The molecule has 16 heavy (non-hydrogen) atoms. The SMILES string of the molecule is CC(=O)NCCCOc1cc(C)ccc1I. The molecule has 0 atom stereocenters. The zero-order chi connectivity index (χ0) is 12.0. The van der Waals surface area contributed by atoms with Gasteiger partial charge in [0.1, 0.15) is 5.75 Å². The highest BCUT2D eigenvalue weighted by Crippen LogP contribution is 2.21. The minimum absolute atomic E-state index is 0.00476. The summed E-state index contributed by atoms with van der Waals surface area (Å²) in [5.41, 5.74) is 1.19. The number of nitrogens with one attached hydrogen (secondary N) is 1. The third kappa shape index (κ3) is 4.83. The molecule has 0 bridgehead atoms. The first-order chi connectivity index (χ1) is 7.59. The molecule has 88 valence electrons. The van der Waals surface area contributed by atoms with Crippen LogP contribution in [-0.4, -0.2) is 19.1 Å². The van der Waals surface area contributed by atoms with Crippen LogP contribution in [0.15, 0.2) is 18.2 Å². The zero-order valence-electron chi connectivity index (χ0n) is 9.55. The van der Waals surface area contributed by atoms with Crippen molar-refractivity contribution < 1.29 is 9.53 Å². The third-order valence-electron chi connectivity index (χ3n) is 2.04. The number of benzene rings is 1. The lowest BCUT2D eigenvalue weighted by atomic mass is 10.2. The van der Waals surface area contributed by atoms with E-state index in [2.05, 4.69) is 34.0 Å². The van der Waals surface area contributed by atoms with Crippen LogP contribution in [0, 0.1) is 10.5 Å². The standard InChI is InChI=1S/C12H16INO2/c1-9-4-5-11(13)12(8-9)16-7-3-6-14-10(2)15/h4-5,8H,3,6-7H2,1-2H3,(H,14,15). The van der Waals surface area contributed by atoms with Crippen molar-refractivity contribution in [1.82, 2.24) is 5.32 Å². The highest BCUT2D eigenvalue weighted by molar-refractivity contribution is 14.1. The van der Waals surface area contributed by atoms with Gasteiger partial charge in [0.15, 0.2) is 0 Å². The van der Waals surface area contributed by atoms with E-state index in [1.54, 1.807) is 0 Å². The van der Waals surface area contributed by atoms with Gasteiger partial charge in [-0.1, -0.05) is 6.07 Å². The lowest BCUT2D eigenvalue weighted by molar-refractivity contribution is -0.118. The number of carbonyl (C=O) groups excluding carboxylic acids is 1.